The molecule has 2 heterocycles. The Balaban J connectivity index is 1.76. The number of benzene rings is 1. The van der Waals surface area contributed by atoms with E-state index < -0.39 is 0 Å². The smallest absolute Gasteiger partial charge is 0.227 e. The molecule has 5 nitrogen and oxygen atoms in total. The first-order valence-electron chi connectivity index (χ1n) is 8.85. The minimum atomic E-state index is -0.00127. The molecule has 1 aromatic carbocycles. The van der Waals surface area contributed by atoms with Crippen molar-refractivity contribution in [2.45, 2.75) is 38.8 Å². The van der Waals surface area contributed by atoms with Gasteiger partial charge in [0.15, 0.2) is 5.82 Å². The Kier molecular flexibility index (Phi) is 5.43. The summed E-state index contributed by atoms with van der Waals surface area (Å²) in [6, 6.07) is 10.0. The summed E-state index contributed by atoms with van der Waals surface area (Å²) in [4.78, 5) is 26.1. The van der Waals surface area contributed by atoms with Gasteiger partial charge in [0, 0.05) is 19.3 Å². The molecule has 2 aromatic rings. The second-order valence-corrected chi connectivity index (χ2v) is 6.99. The minimum absolute atomic E-state index is 0.00127. The number of carbonyl (C=O) groups is 1. The van der Waals surface area contributed by atoms with E-state index in [1.807, 2.05) is 49.5 Å². The van der Waals surface area contributed by atoms with Gasteiger partial charge in [0.1, 0.15) is 0 Å². The largest absolute Gasteiger partial charge is 0.332 e. The van der Waals surface area contributed by atoms with Crippen molar-refractivity contribution in [2.24, 2.45) is 0 Å². The third kappa shape index (κ3) is 4.23. The molecule has 3 rings (SSSR count). The van der Waals surface area contributed by atoms with Crippen LogP contribution in [0.4, 0.5) is 0 Å². The second-order valence-electron chi connectivity index (χ2n) is 6.99. The van der Waals surface area contributed by atoms with E-state index in [0.29, 0.717) is 6.42 Å². The molecule has 0 N–H and O–H groups in total. The van der Waals surface area contributed by atoms with Gasteiger partial charge in [-0.15, -0.1) is 0 Å². The highest BCUT2D eigenvalue weighted by atomic mass is 16.2. The quantitative estimate of drug-likeness (QED) is 0.841. The first kappa shape index (κ1) is 17.5. The number of rotatable bonds is 5. The number of nitrogens with zero attached hydrogens (tertiary/aromatic N) is 4. The second kappa shape index (κ2) is 7.74. The zero-order valence-corrected chi connectivity index (χ0v) is 15.3. The maximum atomic E-state index is 12.9. The Morgan fingerprint density at radius 2 is 2.08 bits per heavy atom. The fraction of sp³-hybridized carbons (Fsp3) is 0.450. The van der Waals surface area contributed by atoms with Crippen molar-refractivity contribution in [1.82, 2.24) is 19.8 Å². The Bertz CT molecular complexity index is 744. The van der Waals surface area contributed by atoms with Crippen LogP contribution in [0.15, 0.2) is 36.5 Å². The molecule has 0 bridgehead atoms. The van der Waals surface area contributed by atoms with Crippen LogP contribution >= 0.6 is 0 Å². The van der Waals surface area contributed by atoms with E-state index >= 15 is 0 Å². The van der Waals surface area contributed by atoms with Crippen molar-refractivity contribution < 1.29 is 4.79 Å². The monoisotopic (exact) mass is 338 g/mol. The van der Waals surface area contributed by atoms with Gasteiger partial charge in [0.25, 0.3) is 0 Å². The topological polar surface area (TPSA) is 49.3 Å². The molecule has 1 aliphatic heterocycles. The van der Waals surface area contributed by atoms with Crippen molar-refractivity contribution in [3.8, 4) is 0 Å². The van der Waals surface area contributed by atoms with E-state index in [9.17, 15) is 4.79 Å². The van der Waals surface area contributed by atoms with Crippen molar-refractivity contribution in [1.29, 1.82) is 0 Å². The number of hydrogen-bond donors (Lipinski definition) is 0. The SMILES string of the molecule is Cc1ccccc1CC(=O)N1CCC[C@H]1c1nccc(CN(C)C)n1. The van der Waals surface area contributed by atoms with Gasteiger partial charge in [-0.05, 0) is 51.1 Å². The molecule has 0 radical (unpaired) electrons. The van der Waals surface area contributed by atoms with Crippen molar-refractivity contribution in [3.05, 3.63) is 59.2 Å². The number of hydrogen-bond acceptors (Lipinski definition) is 4. The summed E-state index contributed by atoms with van der Waals surface area (Å²) < 4.78 is 0. The number of carbonyl (C=O) groups excluding carboxylic acids is 1. The van der Waals surface area contributed by atoms with Crippen LogP contribution in [0.5, 0.6) is 0 Å². The Morgan fingerprint density at radius 1 is 1.28 bits per heavy atom. The van der Waals surface area contributed by atoms with Crippen LogP contribution < -0.4 is 0 Å². The molecule has 1 amide bonds. The van der Waals surface area contributed by atoms with Crippen LogP contribution in [0.25, 0.3) is 0 Å². The van der Waals surface area contributed by atoms with Gasteiger partial charge in [0.05, 0.1) is 18.2 Å². The molecule has 1 aromatic heterocycles. The van der Waals surface area contributed by atoms with Crippen LogP contribution in [0.3, 0.4) is 0 Å². The number of aromatic nitrogens is 2. The Hall–Kier alpha value is -2.27. The van der Waals surface area contributed by atoms with E-state index in [-0.39, 0.29) is 11.9 Å². The Labute approximate surface area is 149 Å². The average molecular weight is 338 g/mol. The van der Waals surface area contributed by atoms with E-state index in [0.717, 1.165) is 48.6 Å². The first-order valence-corrected chi connectivity index (χ1v) is 8.85. The zero-order chi connectivity index (χ0) is 17.8. The molecular weight excluding hydrogens is 312 g/mol. The van der Waals surface area contributed by atoms with Crippen LogP contribution in [-0.2, 0) is 17.8 Å². The van der Waals surface area contributed by atoms with Gasteiger partial charge < -0.3 is 9.80 Å². The molecular formula is C20H26N4O. The number of amides is 1. The lowest BCUT2D eigenvalue weighted by Gasteiger charge is -2.24. The van der Waals surface area contributed by atoms with Gasteiger partial charge in [-0.25, -0.2) is 9.97 Å². The summed E-state index contributed by atoms with van der Waals surface area (Å²) in [6.07, 6.45) is 4.19. The van der Waals surface area contributed by atoms with Gasteiger partial charge in [0.2, 0.25) is 5.91 Å². The highest BCUT2D eigenvalue weighted by molar-refractivity contribution is 5.79. The van der Waals surface area contributed by atoms with Gasteiger partial charge in [-0.2, -0.15) is 0 Å². The van der Waals surface area contributed by atoms with Gasteiger partial charge >= 0.3 is 0 Å². The summed E-state index contributed by atoms with van der Waals surface area (Å²) in [6.45, 7) is 3.62. The molecule has 0 saturated carbocycles. The molecule has 25 heavy (non-hydrogen) atoms. The normalized spacial score (nSPS) is 17.3. The lowest BCUT2D eigenvalue weighted by molar-refractivity contribution is -0.131. The third-order valence-corrected chi connectivity index (χ3v) is 4.68. The van der Waals surface area contributed by atoms with Crippen molar-refractivity contribution >= 4 is 5.91 Å². The van der Waals surface area contributed by atoms with E-state index in [1.54, 1.807) is 0 Å². The minimum Gasteiger partial charge on any atom is -0.332 e. The van der Waals surface area contributed by atoms with Crippen molar-refractivity contribution in [3.63, 3.8) is 0 Å². The van der Waals surface area contributed by atoms with Crippen LogP contribution in [-0.4, -0.2) is 46.3 Å². The standard InChI is InChI=1S/C20H26N4O/c1-15-7-4-5-8-16(15)13-19(25)24-12-6-9-18(24)20-21-11-10-17(22-20)14-23(2)3/h4-5,7-8,10-11,18H,6,9,12-14H2,1-3H3/t18-/m0/s1. The summed E-state index contributed by atoms with van der Waals surface area (Å²) in [5.41, 5.74) is 3.25. The molecule has 1 saturated heterocycles. The van der Waals surface area contributed by atoms with E-state index in [1.165, 1.54) is 0 Å². The maximum Gasteiger partial charge on any atom is 0.227 e. The summed E-state index contributed by atoms with van der Waals surface area (Å²) in [5, 5.41) is 0. The fourth-order valence-corrected chi connectivity index (χ4v) is 3.39. The molecule has 132 valence electrons. The highest BCUT2D eigenvalue weighted by Gasteiger charge is 2.32. The summed E-state index contributed by atoms with van der Waals surface area (Å²) in [5.74, 6) is 0.938. The van der Waals surface area contributed by atoms with E-state index in [4.69, 9.17) is 4.98 Å². The number of aryl methyl sites for hydroxylation is 1. The molecule has 5 heteroatoms. The Morgan fingerprint density at radius 3 is 2.84 bits per heavy atom. The first-order chi connectivity index (χ1) is 12.0. The van der Waals surface area contributed by atoms with Crippen molar-refractivity contribution in [2.75, 3.05) is 20.6 Å². The average Bonchev–Trinajstić information content (AvgIpc) is 3.06. The van der Waals surface area contributed by atoms with Gasteiger partial charge in [-0.1, -0.05) is 24.3 Å². The molecule has 1 aliphatic rings. The molecule has 0 spiro atoms. The summed E-state index contributed by atoms with van der Waals surface area (Å²) >= 11 is 0. The third-order valence-electron chi connectivity index (χ3n) is 4.68. The van der Waals surface area contributed by atoms with Crippen LogP contribution in [0, 0.1) is 6.92 Å². The maximum absolute atomic E-state index is 12.9. The zero-order valence-electron chi connectivity index (χ0n) is 15.3. The molecule has 0 unspecified atom stereocenters. The van der Waals surface area contributed by atoms with Gasteiger partial charge in [-0.3, -0.25) is 4.79 Å². The lowest BCUT2D eigenvalue weighted by atomic mass is 10.0. The fourth-order valence-electron chi connectivity index (χ4n) is 3.39. The molecule has 0 aliphatic carbocycles. The lowest BCUT2D eigenvalue weighted by Crippen LogP contribution is -2.33. The molecule has 1 atom stereocenters. The number of likely N-dealkylation sites (tertiary alicyclic amines) is 1. The van der Waals surface area contributed by atoms with E-state index in [2.05, 4.69) is 22.9 Å². The molecule has 1 fully saturated rings. The predicted octanol–water partition coefficient (Wildman–Crippen LogP) is 2.75. The highest BCUT2D eigenvalue weighted by Crippen LogP contribution is 2.30. The predicted molar refractivity (Wildman–Crippen MR) is 98.0 cm³/mol. The van der Waals surface area contributed by atoms with Crippen LogP contribution in [0.2, 0.25) is 0 Å². The van der Waals surface area contributed by atoms with Crippen LogP contribution in [0.1, 0.15) is 41.5 Å². The summed E-state index contributed by atoms with van der Waals surface area (Å²) in [7, 11) is 4.05.